The number of halogens is 2. The lowest BCUT2D eigenvalue weighted by molar-refractivity contribution is 0.581. The van der Waals surface area contributed by atoms with Crippen molar-refractivity contribution in [1.82, 2.24) is 19.3 Å². The number of nitrogens with zero attached hydrogens (tertiary/aromatic N) is 3. The van der Waals surface area contributed by atoms with Gasteiger partial charge in [-0.2, -0.15) is 4.98 Å². The van der Waals surface area contributed by atoms with Crippen molar-refractivity contribution in [1.29, 1.82) is 0 Å². The fourth-order valence-corrected chi connectivity index (χ4v) is 4.68. The minimum atomic E-state index is -3.63. The molecule has 1 N–H and O–H groups in total. The third-order valence-electron chi connectivity index (χ3n) is 4.06. The molecule has 10 heteroatoms. The zero-order valence-corrected chi connectivity index (χ0v) is 16.7. The first kappa shape index (κ1) is 19.0. The maximum atomic E-state index is 14.0. The van der Waals surface area contributed by atoms with Crippen molar-refractivity contribution < 1.29 is 12.8 Å². The van der Waals surface area contributed by atoms with Gasteiger partial charge in [0.25, 0.3) is 0 Å². The van der Waals surface area contributed by atoms with Crippen LogP contribution in [0.4, 0.5) is 4.39 Å². The molecule has 0 unspecified atom stereocenters. The van der Waals surface area contributed by atoms with Crippen molar-refractivity contribution in [2.75, 3.05) is 6.54 Å². The standard InChI is InChI=1S/C18H14ClFN4O2S2/c19-12-5-7-14(8-6-12)28(25,26)21-10-9-13-11-27-18-22-17(23-24(13)18)15-3-1-2-4-16(15)20/h1-8,11,21H,9-10H2. The molecule has 4 aromatic rings. The number of benzene rings is 2. The molecule has 28 heavy (non-hydrogen) atoms. The van der Waals surface area contributed by atoms with Crippen LogP contribution < -0.4 is 4.72 Å². The summed E-state index contributed by atoms with van der Waals surface area (Å²) in [6.45, 7) is 0.186. The molecule has 2 aromatic heterocycles. The molecule has 0 spiro atoms. The Bertz CT molecular complexity index is 1240. The lowest BCUT2D eigenvalue weighted by Gasteiger charge is -2.06. The van der Waals surface area contributed by atoms with E-state index in [4.69, 9.17) is 11.6 Å². The lowest BCUT2D eigenvalue weighted by Crippen LogP contribution is -2.26. The number of hydrogen-bond acceptors (Lipinski definition) is 5. The number of fused-ring (bicyclic) bond motifs is 1. The number of hydrogen-bond donors (Lipinski definition) is 1. The van der Waals surface area contributed by atoms with E-state index < -0.39 is 15.8 Å². The fourth-order valence-electron chi connectivity index (χ4n) is 2.66. The minimum Gasteiger partial charge on any atom is -0.211 e. The van der Waals surface area contributed by atoms with E-state index in [-0.39, 0.29) is 11.4 Å². The van der Waals surface area contributed by atoms with Crippen LogP contribution in [0.1, 0.15) is 5.69 Å². The Morgan fingerprint density at radius 1 is 1.14 bits per heavy atom. The van der Waals surface area contributed by atoms with E-state index in [1.807, 2.05) is 5.38 Å². The maximum Gasteiger partial charge on any atom is 0.240 e. The van der Waals surface area contributed by atoms with Crippen molar-refractivity contribution in [2.45, 2.75) is 11.3 Å². The second-order valence-corrected chi connectivity index (χ2v) is 8.98. The molecule has 0 saturated carbocycles. The van der Waals surface area contributed by atoms with Crippen LogP contribution in [-0.4, -0.2) is 29.6 Å². The van der Waals surface area contributed by atoms with Gasteiger partial charge < -0.3 is 0 Å². The molecule has 6 nitrogen and oxygen atoms in total. The summed E-state index contributed by atoms with van der Waals surface area (Å²) in [7, 11) is -3.63. The monoisotopic (exact) mass is 436 g/mol. The zero-order valence-electron chi connectivity index (χ0n) is 14.3. The summed E-state index contributed by atoms with van der Waals surface area (Å²) in [6.07, 6.45) is 0.410. The smallest absolute Gasteiger partial charge is 0.211 e. The molecular formula is C18H14ClFN4O2S2. The SMILES string of the molecule is O=S(=O)(NCCc1csc2nc(-c3ccccc3F)nn12)c1ccc(Cl)cc1. The molecule has 0 aliphatic rings. The molecule has 0 fully saturated rings. The van der Waals surface area contributed by atoms with Gasteiger partial charge >= 0.3 is 0 Å². The molecule has 2 heterocycles. The number of thiazole rings is 1. The normalized spacial score (nSPS) is 11.9. The Kier molecular flexibility index (Phi) is 5.15. The average Bonchev–Trinajstić information content (AvgIpc) is 3.24. The zero-order chi connectivity index (χ0) is 19.7. The van der Waals surface area contributed by atoms with Gasteiger partial charge in [-0.3, -0.25) is 0 Å². The number of aromatic nitrogens is 3. The highest BCUT2D eigenvalue weighted by Gasteiger charge is 2.16. The third kappa shape index (κ3) is 3.79. The van der Waals surface area contributed by atoms with Crippen LogP contribution in [0.5, 0.6) is 0 Å². The first-order valence-corrected chi connectivity index (χ1v) is 11.0. The van der Waals surface area contributed by atoms with E-state index in [1.54, 1.807) is 22.7 Å². The van der Waals surface area contributed by atoms with Crippen LogP contribution in [-0.2, 0) is 16.4 Å². The van der Waals surface area contributed by atoms with E-state index in [0.717, 1.165) is 5.69 Å². The summed E-state index contributed by atoms with van der Waals surface area (Å²) in [5.74, 6) is -0.0917. The number of sulfonamides is 1. The van der Waals surface area contributed by atoms with Crippen LogP contribution in [0, 0.1) is 5.82 Å². The summed E-state index contributed by atoms with van der Waals surface area (Å²) in [4.78, 5) is 5.12. The number of nitrogens with one attached hydrogen (secondary N) is 1. The Labute approximate surface area is 169 Å². The van der Waals surface area contributed by atoms with Crippen molar-refractivity contribution >= 4 is 37.9 Å². The number of rotatable bonds is 6. The molecular weight excluding hydrogens is 423 g/mol. The van der Waals surface area contributed by atoms with Crippen molar-refractivity contribution in [3.63, 3.8) is 0 Å². The highest BCUT2D eigenvalue weighted by molar-refractivity contribution is 7.89. The highest BCUT2D eigenvalue weighted by Crippen LogP contribution is 2.23. The summed E-state index contributed by atoms with van der Waals surface area (Å²) in [6, 6.07) is 12.3. The summed E-state index contributed by atoms with van der Waals surface area (Å²) >= 11 is 7.16. The Morgan fingerprint density at radius 2 is 1.89 bits per heavy atom. The third-order valence-corrected chi connectivity index (χ3v) is 6.66. The fraction of sp³-hybridized carbons (Fsp3) is 0.111. The van der Waals surface area contributed by atoms with Crippen molar-refractivity contribution in [3.8, 4) is 11.4 Å². The van der Waals surface area contributed by atoms with Gasteiger partial charge in [0.1, 0.15) is 5.82 Å². The van der Waals surface area contributed by atoms with E-state index in [1.165, 1.54) is 41.7 Å². The van der Waals surface area contributed by atoms with Crippen LogP contribution in [0.2, 0.25) is 5.02 Å². The van der Waals surface area contributed by atoms with Gasteiger partial charge in [-0.05, 0) is 36.4 Å². The molecule has 0 bridgehead atoms. The summed E-state index contributed by atoms with van der Waals surface area (Å²) < 4.78 is 42.8. The molecule has 0 aliphatic carbocycles. The topological polar surface area (TPSA) is 76.4 Å². The Morgan fingerprint density at radius 3 is 2.64 bits per heavy atom. The molecule has 2 aromatic carbocycles. The Hall–Kier alpha value is -2.33. The maximum absolute atomic E-state index is 14.0. The molecule has 0 saturated heterocycles. The largest absolute Gasteiger partial charge is 0.240 e. The minimum absolute atomic E-state index is 0.148. The average molecular weight is 437 g/mol. The first-order chi connectivity index (χ1) is 13.4. The van der Waals surface area contributed by atoms with E-state index in [0.29, 0.717) is 27.8 Å². The van der Waals surface area contributed by atoms with Gasteiger partial charge in [0, 0.05) is 23.4 Å². The van der Waals surface area contributed by atoms with Gasteiger partial charge in [-0.15, -0.1) is 16.4 Å². The van der Waals surface area contributed by atoms with E-state index in [2.05, 4.69) is 14.8 Å². The van der Waals surface area contributed by atoms with Crippen molar-refractivity contribution in [3.05, 3.63) is 70.4 Å². The van der Waals surface area contributed by atoms with Gasteiger partial charge in [-0.25, -0.2) is 22.0 Å². The second-order valence-electron chi connectivity index (χ2n) is 5.94. The molecule has 0 atom stereocenters. The second kappa shape index (κ2) is 7.59. The van der Waals surface area contributed by atoms with E-state index >= 15 is 0 Å². The molecule has 0 amide bonds. The van der Waals surface area contributed by atoms with Gasteiger partial charge in [-0.1, -0.05) is 23.7 Å². The predicted octanol–water partition coefficient (Wildman–Crippen LogP) is 3.77. The van der Waals surface area contributed by atoms with Gasteiger partial charge in [0.05, 0.1) is 16.2 Å². The van der Waals surface area contributed by atoms with Crippen LogP contribution in [0.15, 0.2) is 58.8 Å². The first-order valence-electron chi connectivity index (χ1n) is 8.27. The van der Waals surface area contributed by atoms with Gasteiger partial charge in [0.2, 0.25) is 15.0 Å². The van der Waals surface area contributed by atoms with Crippen molar-refractivity contribution in [2.24, 2.45) is 0 Å². The lowest BCUT2D eigenvalue weighted by atomic mass is 10.2. The Balaban J connectivity index is 1.50. The molecule has 0 radical (unpaired) electrons. The van der Waals surface area contributed by atoms with E-state index in [9.17, 15) is 12.8 Å². The molecule has 0 aliphatic heterocycles. The highest BCUT2D eigenvalue weighted by atomic mass is 35.5. The summed E-state index contributed by atoms with van der Waals surface area (Å²) in [5, 5.41) is 6.70. The van der Waals surface area contributed by atoms with Crippen LogP contribution >= 0.6 is 22.9 Å². The van der Waals surface area contributed by atoms with Crippen LogP contribution in [0.3, 0.4) is 0 Å². The molecule has 144 valence electrons. The molecule has 4 rings (SSSR count). The quantitative estimate of drug-likeness (QED) is 0.499. The van der Waals surface area contributed by atoms with Gasteiger partial charge in [0.15, 0.2) is 5.82 Å². The van der Waals surface area contributed by atoms with Crippen LogP contribution in [0.25, 0.3) is 16.3 Å². The summed E-state index contributed by atoms with van der Waals surface area (Å²) in [5.41, 5.74) is 1.11. The predicted molar refractivity (Wildman–Crippen MR) is 107 cm³/mol.